The van der Waals surface area contributed by atoms with Gasteiger partial charge in [0.15, 0.2) is 17.2 Å². The van der Waals surface area contributed by atoms with E-state index in [9.17, 15) is 13.2 Å². The number of halogens is 3. The summed E-state index contributed by atoms with van der Waals surface area (Å²) in [7, 11) is 1.57. The van der Waals surface area contributed by atoms with Crippen LogP contribution in [0.5, 0.6) is 5.88 Å². The number of nitrogens with zero attached hydrogens (tertiary/aromatic N) is 8. The number of alkyl halides is 3. The summed E-state index contributed by atoms with van der Waals surface area (Å²) in [6, 6.07) is 8.30. The Kier molecular flexibility index (Phi) is 6.04. The molecule has 1 aliphatic rings. The Morgan fingerprint density at radius 1 is 1.05 bits per heavy atom. The SMILES string of the molecule is CCc1nc2cnc(-c3c(OC)ncnc3C3CC3)nc2n1Cc1ccc(-n2nc(C(F)(F)F)cc2C)cc1. The zero-order valence-electron chi connectivity index (χ0n) is 21.6. The van der Waals surface area contributed by atoms with Crippen molar-refractivity contribution < 1.29 is 17.9 Å². The molecule has 0 bridgehead atoms. The zero-order valence-corrected chi connectivity index (χ0v) is 21.6. The Bertz CT molecular complexity index is 1670. The van der Waals surface area contributed by atoms with Crippen molar-refractivity contribution in [1.82, 2.24) is 39.3 Å². The van der Waals surface area contributed by atoms with Crippen molar-refractivity contribution in [2.45, 2.75) is 51.7 Å². The second-order valence-electron chi connectivity index (χ2n) is 9.53. The summed E-state index contributed by atoms with van der Waals surface area (Å²) in [6.45, 7) is 4.09. The largest absolute Gasteiger partial charge is 0.480 e. The van der Waals surface area contributed by atoms with E-state index < -0.39 is 11.9 Å². The summed E-state index contributed by atoms with van der Waals surface area (Å²) in [6.07, 6.45) is 1.51. The molecule has 5 aromatic rings. The maximum atomic E-state index is 13.1. The van der Waals surface area contributed by atoms with Crippen LogP contribution in [-0.2, 0) is 19.1 Å². The van der Waals surface area contributed by atoms with Crippen molar-refractivity contribution in [1.29, 1.82) is 0 Å². The molecule has 12 heteroatoms. The maximum Gasteiger partial charge on any atom is 0.435 e. The third-order valence-corrected chi connectivity index (χ3v) is 6.81. The second kappa shape index (κ2) is 9.44. The molecule has 1 aliphatic carbocycles. The highest BCUT2D eigenvalue weighted by Gasteiger charge is 2.34. The van der Waals surface area contributed by atoms with Crippen LogP contribution in [0.3, 0.4) is 0 Å². The van der Waals surface area contributed by atoms with Gasteiger partial charge in [-0.1, -0.05) is 19.1 Å². The Morgan fingerprint density at radius 3 is 2.46 bits per heavy atom. The van der Waals surface area contributed by atoms with Crippen molar-refractivity contribution in [2.75, 3.05) is 7.11 Å². The molecule has 0 unspecified atom stereocenters. The molecule has 0 aliphatic heterocycles. The molecule has 0 atom stereocenters. The molecule has 39 heavy (non-hydrogen) atoms. The molecule has 6 rings (SSSR count). The number of aromatic nitrogens is 8. The first-order valence-electron chi connectivity index (χ1n) is 12.6. The molecule has 1 aromatic carbocycles. The van der Waals surface area contributed by atoms with Crippen LogP contribution in [0.2, 0.25) is 0 Å². The topological polar surface area (TPSA) is 96.4 Å². The maximum absolute atomic E-state index is 13.1. The van der Waals surface area contributed by atoms with Gasteiger partial charge in [0.25, 0.3) is 0 Å². The first-order chi connectivity index (χ1) is 18.8. The minimum Gasteiger partial charge on any atom is -0.480 e. The van der Waals surface area contributed by atoms with Crippen molar-refractivity contribution in [3.63, 3.8) is 0 Å². The van der Waals surface area contributed by atoms with Gasteiger partial charge in [0.2, 0.25) is 5.88 Å². The Labute approximate surface area is 221 Å². The average Bonchev–Trinajstić information content (AvgIpc) is 3.62. The van der Waals surface area contributed by atoms with Crippen LogP contribution < -0.4 is 4.74 Å². The van der Waals surface area contributed by atoms with Crippen molar-refractivity contribution in [3.05, 3.63) is 71.3 Å². The van der Waals surface area contributed by atoms with Gasteiger partial charge in [-0.25, -0.2) is 29.6 Å². The number of hydrogen-bond acceptors (Lipinski definition) is 7. The Hall–Kier alpha value is -4.35. The fourth-order valence-corrected chi connectivity index (χ4v) is 4.74. The van der Waals surface area contributed by atoms with E-state index in [4.69, 9.17) is 14.7 Å². The number of imidazole rings is 1. The fraction of sp³-hybridized carbons (Fsp3) is 0.333. The lowest BCUT2D eigenvalue weighted by molar-refractivity contribution is -0.141. The standard InChI is InChI=1S/C27H25F3N8O/c1-4-21-34-19-12-31-24(22-23(17-7-8-17)32-14-33-26(22)39-3)35-25(19)37(21)13-16-5-9-18(10-6-16)38-15(2)11-20(36-38)27(28,29)30/h5-6,9-12,14,17H,4,7-8,13H2,1-3H3. The molecule has 4 heterocycles. The van der Waals surface area contributed by atoms with Gasteiger partial charge in [-0.15, -0.1) is 0 Å². The smallest absolute Gasteiger partial charge is 0.435 e. The molecular weight excluding hydrogens is 509 g/mol. The second-order valence-corrected chi connectivity index (χ2v) is 9.53. The van der Waals surface area contributed by atoms with E-state index in [1.807, 2.05) is 23.6 Å². The van der Waals surface area contributed by atoms with Crippen LogP contribution in [0.15, 0.2) is 42.9 Å². The first-order valence-corrected chi connectivity index (χ1v) is 12.6. The van der Waals surface area contributed by atoms with Gasteiger partial charge in [0, 0.05) is 18.0 Å². The van der Waals surface area contributed by atoms with Crippen molar-refractivity contribution in [2.24, 2.45) is 0 Å². The van der Waals surface area contributed by atoms with Gasteiger partial charge in [0.05, 0.1) is 31.2 Å². The van der Waals surface area contributed by atoms with Crippen LogP contribution in [0.1, 0.15) is 54.2 Å². The number of fused-ring (bicyclic) bond motifs is 1. The lowest BCUT2D eigenvalue weighted by Crippen LogP contribution is -2.08. The number of aryl methyl sites for hydroxylation is 2. The molecular formula is C27H25F3N8O. The minimum atomic E-state index is -4.50. The van der Waals surface area contributed by atoms with Gasteiger partial charge < -0.3 is 9.30 Å². The molecule has 1 saturated carbocycles. The van der Waals surface area contributed by atoms with E-state index in [1.54, 1.807) is 32.4 Å². The lowest BCUT2D eigenvalue weighted by Gasteiger charge is -2.12. The van der Waals surface area contributed by atoms with Gasteiger partial charge in [-0.05, 0) is 43.5 Å². The van der Waals surface area contributed by atoms with Crippen LogP contribution >= 0.6 is 0 Å². The predicted molar refractivity (Wildman–Crippen MR) is 137 cm³/mol. The van der Waals surface area contributed by atoms with Gasteiger partial charge in [-0.3, -0.25) is 0 Å². The molecule has 9 nitrogen and oxygen atoms in total. The molecule has 0 amide bonds. The number of benzene rings is 1. The number of hydrogen-bond donors (Lipinski definition) is 0. The van der Waals surface area contributed by atoms with Crippen LogP contribution in [0.25, 0.3) is 28.2 Å². The third-order valence-electron chi connectivity index (χ3n) is 6.81. The molecule has 0 radical (unpaired) electrons. The first kappa shape index (κ1) is 25.0. The highest BCUT2D eigenvalue weighted by atomic mass is 19.4. The number of rotatable bonds is 7. The average molecular weight is 535 g/mol. The van der Waals surface area contributed by atoms with E-state index in [0.29, 0.717) is 58.7 Å². The summed E-state index contributed by atoms with van der Waals surface area (Å²) < 4.78 is 48.2. The summed E-state index contributed by atoms with van der Waals surface area (Å²) >= 11 is 0. The van der Waals surface area contributed by atoms with E-state index in [2.05, 4.69) is 20.1 Å². The van der Waals surface area contributed by atoms with Crippen LogP contribution in [-0.4, -0.2) is 46.4 Å². The number of methoxy groups -OCH3 is 1. The molecule has 4 aromatic heterocycles. The summed E-state index contributed by atoms with van der Waals surface area (Å²) in [5.41, 5.74) is 3.91. The van der Waals surface area contributed by atoms with Crippen LogP contribution in [0.4, 0.5) is 13.2 Å². The Morgan fingerprint density at radius 2 is 1.82 bits per heavy atom. The van der Waals surface area contributed by atoms with Crippen molar-refractivity contribution in [3.8, 4) is 23.0 Å². The van der Waals surface area contributed by atoms with Crippen molar-refractivity contribution >= 4 is 11.2 Å². The van der Waals surface area contributed by atoms with Gasteiger partial charge in [0.1, 0.15) is 23.2 Å². The lowest BCUT2D eigenvalue weighted by atomic mass is 10.1. The minimum absolute atomic E-state index is 0.344. The normalized spacial score (nSPS) is 13.8. The quantitative estimate of drug-likeness (QED) is 0.280. The fourth-order valence-electron chi connectivity index (χ4n) is 4.74. The monoisotopic (exact) mass is 534 g/mol. The van der Waals surface area contributed by atoms with Crippen LogP contribution in [0, 0.1) is 6.92 Å². The summed E-state index contributed by atoms with van der Waals surface area (Å²) in [4.78, 5) is 23.0. The van der Waals surface area contributed by atoms with E-state index in [-0.39, 0.29) is 0 Å². The summed E-state index contributed by atoms with van der Waals surface area (Å²) in [5, 5.41) is 3.74. The number of ether oxygens (including phenoxy) is 1. The van der Waals surface area contributed by atoms with E-state index >= 15 is 0 Å². The molecule has 0 N–H and O–H groups in total. The molecule has 0 saturated heterocycles. The summed E-state index contributed by atoms with van der Waals surface area (Å²) in [5.74, 6) is 2.11. The third kappa shape index (κ3) is 4.59. The van der Waals surface area contributed by atoms with E-state index in [0.717, 1.165) is 36.0 Å². The highest BCUT2D eigenvalue weighted by molar-refractivity contribution is 5.75. The van der Waals surface area contributed by atoms with E-state index in [1.165, 1.54) is 11.0 Å². The predicted octanol–water partition coefficient (Wildman–Crippen LogP) is 5.29. The highest BCUT2D eigenvalue weighted by Crippen LogP contribution is 2.44. The Balaban J connectivity index is 1.36. The zero-order chi connectivity index (χ0) is 27.3. The van der Waals surface area contributed by atoms with Gasteiger partial charge >= 0.3 is 6.18 Å². The molecule has 200 valence electrons. The molecule has 0 spiro atoms. The van der Waals surface area contributed by atoms with Gasteiger partial charge in [-0.2, -0.15) is 18.3 Å². The molecule has 1 fully saturated rings.